The molecule has 0 unspecified atom stereocenters. The number of aromatic nitrogens is 1. The van der Waals surface area contributed by atoms with Crippen molar-refractivity contribution in [2.24, 2.45) is 0 Å². The highest BCUT2D eigenvalue weighted by molar-refractivity contribution is 5.14. The summed E-state index contributed by atoms with van der Waals surface area (Å²) >= 11 is 0. The summed E-state index contributed by atoms with van der Waals surface area (Å²) in [6, 6.07) is 3.27. The van der Waals surface area contributed by atoms with E-state index in [2.05, 4.69) is 0 Å². The third-order valence-electron chi connectivity index (χ3n) is 1.08. The molecule has 0 aliphatic carbocycles. The van der Waals surface area contributed by atoms with Crippen LogP contribution < -0.4 is 23.4 Å². The third-order valence-corrected chi connectivity index (χ3v) is 1.08. The molecule has 7 nitrogen and oxygen atoms in total. The molecule has 86 valence electrons. The van der Waals surface area contributed by atoms with Crippen molar-refractivity contribution in [3.05, 3.63) is 29.7 Å². The van der Waals surface area contributed by atoms with Crippen LogP contribution in [-0.2, 0) is 0 Å². The Labute approximate surface area is 88.1 Å². The summed E-state index contributed by atoms with van der Waals surface area (Å²) in [5.41, 5.74) is 0. The summed E-state index contributed by atoms with van der Waals surface area (Å²) in [7, 11) is -4.69. The molecule has 1 heterocycles. The lowest BCUT2D eigenvalue weighted by Crippen LogP contribution is -2.58. The number of pyridine rings is 1. The second-order valence-corrected chi connectivity index (χ2v) is 3.01. The summed E-state index contributed by atoms with van der Waals surface area (Å²) in [5, 5.41) is 10.5. The first kappa shape index (κ1) is 13.9. The number of ether oxygens (including phenoxy) is 1. The summed E-state index contributed by atoms with van der Waals surface area (Å²) in [4.78, 5) is 0. The van der Waals surface area contributed by atoms with E-state index in [1.807, 2.05) is 6.92 Å². The molecule has 0 radical (unpaired) electrons. The lowest BCUT2D eigenvalue weighted by atomic mass is 10.4. The first-order valence-corrected chi connectivity index (χ1v) is 5.04. The predicted octanol–water partition coefficient (Wildman–Crippen LogP) is -3.41. The van der Waals surface area contributed by atoms with Crippen molar-refractivity contribution in [1.82, 2.24) is 0 Å². The SMILES string of the molecule is CCOc1cc[n+]([O-])cc1.[O-][Cl+3]([O-])([O-])O. The van der Waals surface area contributed by atoms with Gasteiger partial charge in [-0.3, -0.25) is 0 Å². The highest BCUT2D eigenvalue weighted by Crippen LogP contribution is 2.04. The zero-order chi connectivity index (χ0) is 11.9. The van der Waals surface area contributed by atoms with Gasteiger partial charge in [-0.1, -0.05) is 0 Å². The first-order chi connectivity index (χ1) is 6.83. The molecule has 0 fully saturated rings. The van der Waals surface area contributed by atoms with E-state index in [0.717, 1.165) is 10.5 Å². The van der Waals surface area contributed by atoms with Gasteiger partial charge in [-0.2, -0.15) is 18.7 Å². The summed E-state index contributed by atoms with van der Waals surface area (Å²) < 4.78 is 38.6. The molecular weight excluding hydrogens is 230 g/mol. The topological polar surface area (TPSA) is 126 Å². The van der Waals surface area contributed by atoms with Gasteiger partial charge in [-0.25, -0.2) is 0 Å². The number of rotatable bonds is 2. The summed E-state index contributed by atoms with van der Waals surface area (Å²) in [6.45, 7) is 2.53. The van der Waals surface area contributed by atoms with Gasteiger partial charge < -0.3 is 9.94 Å². The van der Waals surface area contributed by atoms with Crippen molar-refractivity contribution >= 4 is 0 Å². The molecule has 1 N–H and O–H groups in total. The van der Waals surface area contributed by atoms with Crippen LogP contribution in [0.3, 0.4) is 0 Å². The van der Waals surface area contributed by atoms with Gasteiger partial charge in [0.25, 0.3) is 0 Å². The number of halogens is 1. The van der Waals surface area contributed by atoms with Crippen LogP contribution in [0.15, 0.2) is 24.5 Å². The minimum atomic E-state index is -4.69. The summed E-state index contributed by atoms with van der Waals surface area (Å²) in [5.74, 6) is 0.731. The van der Waals surface area contributed by atoms with Gasteiger partial charge in [0.15, 0.2) is 12.4 Å². The normalized spacial score (nSPS) is 10.2. The maximum absolute atomic E-state index is 10.5. The van der Waals surface area contributed by atoms with Crippen molar-refractivity contribution in [2.75, 3.05) is 6.61 Å². The van der Waals surface area contributed by atoms with Gasteiger partial charge in [0.05, 0.1) is 21.5 Å². The lowest BCUT2D eigenvalue weighted by Gasteiger charge is -2.03. The monoisotopic (exact) mass is 239 g/mol. The molecule has 0 saturated heterocycles. The van der Waals surface area contributed by atoms with E-state index >= 15 is 0 Å². The van der Waals surface area contributed by atoms with E-state index in [1.54, 1.807) is 12.1 Å². The molecule has 0 aliphatic rings. The molecule has 1 aromatic heterocycles. The molecule has 0 aliphatic heterocycles. The molecule has 0 amide bonds. The molecule has 15 heavy (non-hydrogen) atoms. The second-order valence-electron chi connectivity index (χ2n) is 2.22. The van der Waals surface area contributed by atoms with Crippen molar-refractivity contribution in [2.45, 2.75) is 6.92 Å². The van der Waals surface area contributed by atoms with Crippen LogP contribution in [0.4, 0.5) is 0 Å². The van der Waals surface area contributed by atoms with E-state index in [4.69, 9.17) is 23.4 Å². The zero-order valence-corrected chi connectivity index (χ0v) is 8.59. The van der Waals surface area contributed by atoms with Crippen molar-refractivity contribution in [3.8, 4) is 5.75 Å². The maximum Gasteiger partial charge on any atom is 0.184 e. The number of hydrogen-bond donors (Lipinski definition) is 1. The third kappa shape index (κ3) is 10.8. The van der Waals surface area contributed by atoms with Crippen LogP contribution in [0.1, 0.15) is 6.92 Å². The van der Waals surface area contributed by atoms with Crippen LogP contribution in [-0.4, -0.2) is 11.3 Å². The molecule has 0 aromatic carbocycles. The van der Waals surface area contributed by atoms with E-state index < -0.39 is 10.2 Å². The highest BCUT2D eigenvalue weighted by Gasteiger charge is 1.98. The minimum absolute atomic E-state index is 0.628. The van der Waals surface area contributed by atoms with Crippen LogP contribution >= 0.6 is 0 Å². The Morgan fingerprint density at radius 3 is 2.07 bits per heavy atom. The number of nitrogens with zero attached hydrogens (tertiary/aromatic N) is 1. The van der Waals surface area contributed by atoms with E-state index in [-0.39, 0.29) is 0 Å². The Morgan fingerprint density at radius 2 is 1.73 bits per heavy atom. The van der Waals surface area contributed by atoms with Gasteiger partial charge >= 0.3 is 0 Å². The fraction of sp³-hybridized carbons (Fsp3) is 0.286. The standard InChI is InChI=1S/C7H9NO2.ClHO4/c1-2-10-7-3-5-8(9)6-4-7;2-1(3,4)5/h3-6H,2H2,1H3;(H,2,3,4,5). The summed E-state index contributed by atoms with van der Waals surface area (Å²) in [6.07, 6.45) is 2.82. The van der Waals surface area contributed by atoms with E-state index in [9.17, 15) is 5.21 Å². The van der Waals surface area contributed by atoms with Crippen LogP contribution in [0.2, 0.25) is 0 Å². The quantitative estimate of drug-likeness (QED) is 0.423. The molecule has 1 aromatic rings. The van der Waals surface area contributed by atoms with Crippen LogP contribution in [0, 0.1) is 15.5 Å². The van der Waals surface area contributed by atoms with Crippen LogP contribution in [0.25, 0.3) is 0 Å². The average Bonchev–Trinajstić information content (AvgIpc) is 2.06. The molecule has 1 rings (SSSR count). The molecule has 0 atom stereocenters. The van der Waals surface area contributed by atoms with Crippen molar-refractivity contribution in [3.63, 3.8) is 0 Å². The minimum Gasteiger partial charge on any atom is -0.619 e. The highest BCUT2D eigenvalue weighted by atomic mass is 35.7. The average molecular weight is 240 g/mol. The first-order valence-electron chi connectivity index (χ1n) is 3.77. The lowest BCUT2D eigenvalue weighted by molar-refractivity contribution is -1.92. The Morgan fingerprint density at radius 1 is 1.33 bits per heavy atom. The van der Waals surface area contributed by atoms with Gasteiger partial charge in [0, 0.05) is 12.1 Å². The molecule has 0 bridgehead atoms. The smallest absolute Gasteiger partial charge is 0.184 e. The van der Waals surface area contributed by atoms with E-state index in [0.29, 0.717) is 6.61 Å². The molecular formula is C7H10ClNO6. The van der Waals surface area contributed by atoms with Crippen LogP contribution in [0.5, 0.6) is 5.75 Å². The van der Waals surface area contributed by atoms with Crippen molar-refractivity contribution in [1.29, 1.82) is 0 Å². The van der Waals surface area contributed by atoms with Gasteiger partial charge in [-0.05, 0) is 6.92 Å². The zero-order valence-electron chi connectivity index (χ0n) is 7.83. The largest absolute Gasteiger partial charge is 0.619 e. The maximum atomic E-state index is 10.5. The van der Waals surface area contributed by atoms with Gasteiger partial charge in [-0.15, -0.1) is 0 Å². The Bertz CT molecular complexity index is 266. The van der Waals surface area contributed by atoms with Gasteiger partial charge in [0.1, 0.15) is 5.75 Å². The van der Waals surface area contributed by atoms with Gasteiger partial charge in [0.2, 0.25) is 0 Å². The number of hydrogen-bond acceptors (Lipinski definition) is 6. The van der Waals surface area contributed by atoms with E-state index in [1.165, 1.54) is 12.4 Å². The van der Waals surface area contributed by atoms with Crippen molar-refractivity contribution < 1.29 is 38.3 Å². The fourth-order valence-electron chi connectivity index (χ4n) is 0.662. The molecule has 0 spiro atoms. The fourth-order valence-corrected chi connectivity index (χ4v) is 0.662. The Balaban J connectivity index is 0.000000336. The molecule has 0 saturated carbocycles. The Kier molecular flexibility index (Phi) is 5.90. The molecule has 8 heteroatoms. The predicted molar refractivity (Wildman–Crippen MR) is 38.8 cm³/mol. The second kappa shape index (κ2) is 6.38. The Hall–Kier alpha value is -1.12.